The molecular formula is C22H33N5. The number of benzene rings is 1. The van der Waals surface area contributed by atoms with E-state index < -0.39 is 0 Å². The zero-order valence-electron chi connectivity index (χ0n) is 17.1. The molecule has 1 aliphatic heterocycles. The summed E-state index contributed by atoms with van der Waals surface area (Å²) in [7, 11) is 0. The van der Waals surface area contributed by atoms with E-state index in [0.29, 0.717) is 0 Å². The van der Waals surface area contributed by atoms with E-state index in [-0.39, 0.29) is 0 Å². The van der Waals surface area contributed by atoms with Crippen LogP contribution in [0.3, 0.4) is 0 Å². The smallest absolute Gasteiger partial charge is 0.134 e. The first kappa shape index (κ1) is 19.6. The van der Waals surface area contributed by atoms with Crippen molar-refractivity contribution in [2.75, 3.05) is 49.1 Å². The summed E-state index contributed by atoms with van der Waals surface area (Å²) in [5, 5.41) is 0. The summed E-state index contributed by atoms with van der Waals surface area (Å²) in [6.07, 6.45) is 2.27. The second-order valence-electron chi connectivity index (χ2n) is 7.37. The van der Waals surface area contributed by atoms with Crippen LogP contribution in [0.5, 0.6) is 0 Å². The standard InChI is InChI=1S/C22H33N5/c1-4-11-26(12-5-2)21-17-22(24-19(3)23-21)27-15-13-25(14-16-27)18-20-9-7-6-8-10-20/h6-10,17H,4-5,11-16,18H2,1-3H3. The first-order chi connectivity index (χ1) is 13.2. The van der Waals surface area contributed by atoms with Crippen LogP contribution in [0.25, 0.3) is 0 Å². The van der Waals surface area contributed by atoms with Crippen molar-refractivity contribution in [2.24, 2.45) is 0 Å². The molecule has 1 aromatic carbocycles. The van der Waals surface area contributed by atoms with Crippen LogP contribution >= 0.6 is 0 Å². The molecule has 146 valence electrons. The fourth-order valence-electron chi connectivity index (χ4n) is 3.72. The van der Waals surface area contributed by atoms with Gasteiger partial charge in [-0.05, 0) is 25.3 Å². The second kappa shape index (κ2) is 9.70. The minimum Gasteiger partial charge on any atom is -0.356 e. The number of anilines is 2. The van der Waals surface area contributed by atoms with Crippen LogP contribution < -0.4 is 9.80 Å². The van der Waals surface area contributed by atoms with Crippen LogP contribution in [-0.4, -0.2) is 54.1 Å². The Morgan fingerprint density at radius 1 is 0.926 bits per heavy atom. The molecule has 1 fully saturated rings. The Hall–Kier alpha value is -2.14. The van der Waals surface area contributed by atoms with Crippen LogP contribution in [0.4, 0.5) is 11.6 Å². The molecule has 1 saturated heterocycles. The Bertz CT molecular complexity index is 689. The molecule has 1 aromatic heterocycles. The molecule has 0 saturated carbocycles. The Morgan fingerprint density at radius 3 is 2.22 bits per heavy atom. The first-order valence-corrected chi connectivity index (χ1v) is 10.3. The Balaban J connectivity index is 1.65. The molecule has 0 atom stereocenters. The van der Waals surface area contributed by atoms with Crippen molar-refractivity contribution < 1.29 is 0 Å². The number of piperazine rings is 1. The fourth-order valence-corrected chi connectivity index (χ4v) is 3.72. The third-order valence-electron chi connectivity index (χ3n) is 5.07. The zero-order valence-corrected chi connectivity index (χ0v) is 17.1. The van der Waals surface area contributed by atoms with Gasteiger partial charge in [0.2, 0.25) is 0 Å². The second-order valence-corrected chi connectivity index (χ2v) is 7.37. The van der Waals surface area contributed by atoms with Crippen molar-refractivity contribution in [2.45, 2.75) is 40.2 Å². The number of rotatable bonds is 8. The van der Waals surface area contributed by atoms with E-state index in [1.54, 1.807) is 0 Å². The van der Waals surface area contributed by atoms with E-state index in [4.69, 9.17) is 9.97 Å². The lowest BCUT2D eigenvalue weighted by Crippen LogP contribution is -2.46. The largest absolute Gasteiger partial charge is 0.356 e. The zero-order chi connectivity index (χ0) is 19.1. The predicted molar refractivity (Wildman–Crippen MR) is 113 cm³/mol. The number of aryl methyl sites for hydroxylation is 1. The Kier molecular flexibility index (Phi) is 7.04. The van der Waals surface area contributed by atoms with Crippen molar-refractivity contribution in [3.05, 3.63) is 47.8 Å². The van der Waals surface area contributed by atoms with Crippen molar-refractivity contribution >= 4 is 11.6 Å². The summed E-state index contributed by atoms with van der Waals surface area (Å²) in [5.74, 6) is 3.02. The van der Waals surface area contributed by atoms with Gasteiger partial charge in [-0.1, -0.05) is 44.2 Å². The van der Waals surface area contributed by atoms with Crippen LogP contribution in [0, 0.1) is 6.92 Å². The highest BCUT2D eigenvalue weighted by atomic mass is 15.3. The van der Waals surface area contributed by atoms with Gasteiger partial charge in [0.15, 0.2) is 0 Å². The summed E-state index contributed by atoms with van der Waals surface area (Å²) in [4.78, 5) is 16.8. The molecule has 2 heterocycles. The molecule has 0 amide bonds. The van der Waals surface area contributed by atoms with Crippen molar-refractivity contribution in [1.29, 1.82) is 0 Å². The third-order valence-corrected chi connectivity index (χ3v) is 5.07. The van der Waals surface area contributed by atoms with Gasteiger partial charge in [-0.15, -0.1) is 0 Å². The van der Waals surface area contributed by atoms with Gasteiger partial charge in [0.05, 0.1) is 0 Å². The Morgan fingerprint density at radius 2 is 1.59 bits per heavy atom. The lowest BCUT2D eigenvalue weighted by molar-refractivity contribution is 0.249. The van der Waals surface area contributed by atoms with E-state index >= 15 is 0 Å². The number of hydrogen-bond acceptors (Lipinski definition) is 5. The molecule has 0 radical (unpaired) electrons. The number of nitrogens with zero attached hydrogens (tertiary/aromatic N) is 5. The van der Waals surface area contributed by atoms with Crippen molar-refractivity contribution in [1.82, 2.24) is 14.9 Å². The van der Waals surface area contributed by atoms with Gasteiger partial charge in [0.1, 0.15) is 17.5 Å². The first-order valence-electron chi connectivity index (χ1n) is 10.3. The van der Waals surface area contributed by atoms with Crippen LogP contribution in [0.2, 0.25) is 0 Å². The number of aromatic nitrogens is 2. The van der Waals surface area contributed by atoms with Gasteiger partial charge in [0.25, 0.3) is 0 Å². The van der Waals surface area contributed by atoms with Crippen molar-refractivity contribution in [3.8, 4) is 0 Å². The average molecular weight is 368 g/mol. The van der Waals surface area contributed by atoms with E-state index in [1.807, 2.05) is 6.92 Å². The lowest BCUT2D eigenvalue weighted by atomic mass is 10.2. The van der Waals surface area contributed by atoms with Gasteiger partial charge >= 0.3 is 0 Å². The molecule has 5 nitrogen and oxygen atoms in total. The summed E-state index contributed by atoms with van der Waals surface area (Å²) < 4.78 is 0. The highest BCUT2D eigenvalue weighted by molar-refractivity contribution is 5.51. The van der Waals surface area contributed by atoms with Crippen LogP contribution in [0.15, 0.2) is 36.4 Å². The van der Waals surface area contributed by atoms with E-state index in [2.05, 4.69) is 64.9 Å². The molecule has 0 unspecified atom stereocenters. The SMILES string of the molecule is CCCN(CCC)c1cc(N2CCN(Cc3ccccc3)CC2)nc(C)n1. The molecule has 3 rings (SSSR count). The average Bonchev–Trinajstić information content (AvgIpc) is 2.69. The van der Waals surface area contributed by atoms with Gasteiger partial charge in [-0.3, -0.25) is 4.90 Å². The molecule has 5 heteroatoms. The molecule has 2 aromatic rings. The maximum atomic E-state index is 4.74. The summed E-state index contributed by atoms with van der Waals surface area (Å²) in [6, 6.07) is 12.9. The molecule has 27 heavy (non-hydrogen) atoms. The summed E-state index contributed by atoms with van der Waals surface area (Å²) in [5.41, 5.74) is 1.39. The summed E-state index contributed by atoms with van der Waals surface area (Å²) in [6.45, 7) is 13.8. The monoisotopic (exact) mass is 367 g/mol. The normalized spacial score (nSPS) is 15.1. The minimum absolute atomic E-state index is 0.867. The number of hydrogen-bond donors (Lipinski definition) is 0. The third kappa shape index (κ3) is 5.42. The van der Waals surface area contributed by atoms with E-state index in [0.717, 1.165) is 76.1 Å². The molecule has 0 aliphatic carbocycles. The van der Waals surface area contributed by atoms with Crippen LogP contribution in [0.1, 0.15) is 38.1 Å². The van der Waals surface area contributed by atoms with Gasteiger partial charge in [-0.25, -0.2) is 9.97 Å². The predicted octanol–water partition coefficient (Wildman–Crippen LogP) is 3.73. The molecule has 0 N–H and O–H groups in total. The highest BCUT2D eigenvalue weighted by Crippen LogP contribution is 2.21. The molecule has 0 bridgehead atoms. The van der Waals surface area contributed by atoms with E-state index in [1.165, 1.54) is 5.56 Å². The maximum absolute atomic E-state index is 4.74. The highest BCUT2D eigenvalue weighted by Gasteiger charge is 2.20. The fraction of sp³-hybridized carbons (Fsp3) is 0.545. The van der Waals surface area contributed by atoms with E-state index in [9.17, 15) is 0 Å². The van der Waals surface area contributed by atoms with Crippen LogP contribution in [-0.2, 0) is 6.54 Å². The summed E-state index contributed by atoms with van der Waals surface area (Å²) >= 11 is 0. The van der Waals surface area contributed by atoms with Crippen molar-refractivity contribution in [3.63, 3.8) is 0 Å². The lowest BCUT2D eigenvalue weighted by Gasteiger charge is -2.36. The van der Waals surface area contributed by atoms with Gasteiger partial charge < -0.3 is 9.80 Å². The maximum Gasteiger partial charge on any atom is 0.134 e. The molecule has 0 spiro atoms. The van der Waals surface area contributed by atoms with Gasteiger partial charge in [0, 0.05) is 51.9 Å². The minimum atomic E-state index is 0.867. The Labute approximate surface area is 164 Å². The molecular weight excluding hydrogens is 334 g/mol. The topological polar surface area (TPSA) is 35.5 Å². The van der Waals surface area contributed by atoms with Gasteiger partial charge in [-0.2, -0.15) is 0 Å². The quantitative estimate of drug-likeness (QED) is 0.710. The molecule has 1 aliphatic rings.